The van der Waals surface area contributed by atoms with Crippen molar-refractivity contribution in [1.29, 1.82) is 0 Å². The van der Waals surface area contributed by atoms with Gasteiger partial charge in [-0.3, -0.25) is 0 Å². The molecular weight excluding hydrogens is 182 g/mol. The van der Waals surface area contributed by atoms with Gasteiger partial charge in [0.1, 0.15) is 0 Å². The predicted octanol–water partition coefficient (Wildman–Crippen LogP) is 3.53. The second-order valence-corrected chi connectivity index (χ2v) is 4.03. The molecule has 0 bridgehead atoms. The van der Waals surface area contributed by atoms with Crippen molar-refractivity contribution in [1.82, 2.24) is 0 Å². The first-order valence-electron chi connectivity index (χ1n) is 4.18. The van der Waals surface area contributed by atoms with Gasteiger partial charge in [0.25, 0.3) is 0 Å². The van der Waals surface area contributed by atoms with Gasteiger partial charge in [0, 0.05) is 9.81 Å². The Morgan fingerprint density at radius 1 is 1.46 bits per heavy atom. The number of fused-ring (bicyclic) bond motifs is 1. The quantitative estimate of drug-likeness (QED) is 0.380. The van der Waals surface area contributed by atoms with Gasteiger partial charge in [0.15, 0.2) is 0 Å². The Hall–Kier alpha value is -1.12. The van der Waals surface area contributed by atoms with Crippen LogP contribution in [0, 0.1) is 0 Å². The van der Waals surface area contributed by atoms with E-state index in [1.165, 1.54) is 10.5 Å². The van der Waals surface area contributed by atoms with Crippen LogP contribution < -0.4 is 0 Å². The van der Waals surface area contributed by atoms with Crippen LogP contribution in [0.3, 0.4) is 0 Å². The van der Waals surface area contributed by atoms with E-state index in [-0.39, 0.29) is 6.04 Å². The minimum absolute atomic E-state index is 0.0439. The van der Waals surface area contributed by atoms with Crippen LogP contribution in [0.4, 0.5) is 0 Å². The summed E-state index contributed by atoms with van der Waals surface area (Å²) in [5.41, 5.74) is 9.57. The Bertz CT molecular complexity index is 358. The van der Waals surface area contributed by atoms with Crippen LogP contribution in [0.15, 0.2) is 34.3 Å². The van der Waals surface area contributed by atoms with Crippen LogP contribution in [0.1, 0.15) is 18.0 Å². The van der Waals surface area contributed by atoms with Crippen molar-refractivity contribution in [3.63, 3.8) is 0 Å². The molecule has 1 aromatic carbocycles. The average molecular weight is 191 g/mol. The molecule has 13 heavy (non-hydrogen) atoms. The van der Waals surface area contributed by atoms with Gasteiger partial charge in [-0.1, -0.05) is 23.3 Å². The number of thioether (sulfide) groups is 1. The first kappa shape index (κ1) is 8.48. The summed E-state index contributed by atoms with van der Waals surface area (Å²) in [7, 11) is 0. The molecule has 2 rings (SSSR count). The molecular formula is C9H9N3S. The number of nitrogens with zero attached hydrogens (tertiary/aromatic N) is 3. The van der Waals surface area contributed by atoms with E-state index in [9.17, 15) is 0 Å². The van der Waals surface area contributed by atoms with E-state index in [1.807, 2.05) is 30.0 Å². The summed E-state index contributed by atoms with van der Waals surface area (Å²) in [5, 5.41) is 3.79. The van der Waals surface area contributed by atoms with Gasteiger partial charge < -0.3 is 0 Å². The molecule has 1 aliphatic heterocycles. The van der Waals surface area contributed by atoms with Gasteiger partial charge in [-0.05, 0) is 29.3 Å². The van der Waals surface area contributed by atoms with E-state index in [1.54, 1.807) is 0 Å². The van der Waals surface area contributed by atoms with Crippen LogP contribution in [0.25, 0.3) is 10.4 Å². The Kier molecular flexibility index (Phi) is 2.43. The molecule has 0 saturated carbocycles. The molecule has 1 aromatic rings. The van der Waals surface area contributed by atoms with Crippen LogP contribution in [0.2, 0.25) is 0 Å². The first-order valence-corrected chi connectivity index (χ1v) is 5.16. The first-order chi connectivity index (χ1) is 6.42. The van der Waals surface area contributed by atoms with Crippen LogP contribution >= 0.6 is 11.8 Å². The molecule has 66 valence electrons. The van der Waals surface area contributed by atoms with Gasteiger partial charge in [0.05, 0.1) is 6.04 Å². The highest BCUT2D eigenvalue weighted by atomic mass is 32.2. The zero-order valence-corrected chi connectivity index (χ0v) is 7.87. The van der Waals surface area contributed by atoms with Gasteiger partial charge in [-0.25, -0.2) is 0 Å². The Labute approximate surface area is 80.8 Å². The lowest BCUT2D eigenvalue weighted by molar-refractivity contribution is 0.675. The largest absolute Gasteiger partial charge is 0.126 e. The molecule has 1 aliphatic rings. The fourth-order valence-electron chi connectivity index (χ4n) is 1.51. The third-order valence-electron chi connectivity index (χ3n) is 2.12. The Morgan fingerprint density at radius 3 is 3.15 bits per heavy atom. The van der Waals surface area contributed by atoms with Crippen molar-refractivity contribution in [3.8, 4) is 0 Å². The summed E-state index contributed by atoms with van der Waals surface area (Å²) >= 11 is 1.84. The predicted molar refractivity (Wildman–Crippen MR) is 53.7 cm³/mol. The minimum Gasteiger partial charge on any atom is -0.126 e. The number of rotatable bonds is 1. The highest BCUT2D eigenvalue weighted by Gasteiger charge is 2.18. The molecule has 1 atom stereocenters. The van der Waals surface area contributed by atoms with Crippen molar-refractivity contribution in [2.75, 3.05) is 5.75 Å². The molecule has 0 amide bonds. The lowest BCUT2D eigenvalue weighted by Gasteiger charge is -2.20. The number of hydrogen-bond donors (Lipinski definition) is 0. The average Bonchev–Trinajstić information content (AvgIpc) is 2.19. The zero-order chi connectivity index (χ0) is 9.10. The zero-order valence-electron chi connectivity index (χ0n) is 7.05. The summed E-state index contributed by atoms with van der Waals surface area (Å²) in [6.45, 7) is 0. The molecule has 0 N–H and O–H groups in total. The van der Waals surface area contributed by atoms with E-state index in [4.69, 9.17) is 5.53 Å². The number of azide groups is 1. The van der Waals surface area contributed by atoms with E-state index < -0.39 is 0 Å². The topological polar surface area (TPSA) is 48.8 Å². The van der Waals surface area contributed by atoms with E-state index >= 15 is 0 Å². The van der Waals surface area contributed by atoms with Crippen LogP contribution in [0.5, 0.6) is 0 Å². The maximum Gasteiger partial charge on any atom is 0.0644 e. The molecule has 0 saturated heterocycles. The molecule has 0 fully saturated rings. The van der Waals surface area contributed by atoms with Crippen molar-refractivity contribution in [3.05, 3.63) is 40.3 Å². The minimum atomic E-state index is 0.0439. The standard InChI is InChI=1S/C9H9N3S/c10-12-11-8-5-6-13-9-4-2-1-3-7(8)9/h1-4,8H,5-6H2/t8-/m0/s1. The summed E-state index contributed by atoms with van der Waals surface area (Å²) < 4.78 is 0. The fraction of sp³-hybridized carbons (Fsp3) is 0.333. The molecule has 0 aromatic heterocycles. The number of hydrogen-bond acceptors (Lipinski definition) is 2. The van der Waals surface area contributed by atoms with Crippen molar-refractivity contribution < 1.29 is 0 Å². The maximum absolute atomic E-state index is 8.40. The monoisotopic (exact) mass is 191 g/mol. The smallest absolute Gasteiger partial charge is 0.0644 e. The highest BCUT2D eigenvalue weighted by Crippen LogP contribution is 2.37. The molecule has 3 nitrogen and oxygen atoms in total. The lowest BCUT2D eigenvalue weighted by atomic mass is 10.1. The SMILES string of the molecule is [N-]=[N+]=N[C@H]1CCSc2ccccc21. The molecule has 0 radical (unpaired) electrons. The second kappa shape index (κ2) is 3.73. The maximum atomic E-state index is 8.40. The van der Waals surface area contributed by atoms with Crippen molar-refractivity contribution in [2.24, 2.45) is 5.11 Å². The molecule has 0 spiro atoms. The summed E-state index contributed by atoms with van der Waals surface area (Å²) in [6.07, 6.45) is 0.950. The molecule has 0 aliphatic carbocycles. The molecule has 1 heterocycles. The van der Waals surface area contributed by atoms with E-state index in [0.717, 1.165) is 12.2 Å². The summed E-state index contributed by atoms with van der Waals surface area (Å²) in [6, 6.07) is 8.18. The third kappa shape index (κ3) is 1.64. The second-order valence-electron chi connectivity index (χ2n) is 2.90. The normalized spacial score (nSPS) is 20.2. The van der Waals surface area contributed by atoms with Crippen molar-refractivity contribution >= 4 is 11.8 Å². The van der Waals surface area contributed by atoms with Gasteiger partial charge in [0.2, 0.25) is 0 Å². The third-order valence-corrected chi connectivity index (χ3v) is 3.24. The summed E-state index contributed by atoms with van der Waals surface area (Å²) in [5.74, 6) is 1.04. The Morgan fingerprint density at radius 2 is 2.31 bits per heavy atom. The van der Waals surface area contributed by atoms with Crippen LogP contribution in [-0.4, -0.2) is 5.75 Å². The lowest BCUT2D eigenvalue weighted by Crippen LogP contribution is -2.03. The van der Waals surface area contributed by atoms with Gasteiger partial charge >= 0.3 is 0 Å². The highest BCUT2D eigenvalue weighted by molar-refractivity contribution is 7.99. The van der Waals surface area contributed by atoms with E-state index in [2.05, 4.69) is 16.1 Å². The van der Waals surface area contributed by atoms with Gasteiger partial charge in [-0.2, -0.15) is 0 Å². The molecule has 4 heteroatoms. The van der Waals surface area contributed by atoms with Crippen LogP contribution in [-0.2, 0) is 0 Å². The van der Waals surface area contributed by atoms with E-state index in [0.29, 0.717) is 0 Å². The fourth-order valence-corrected chi connectivity index (χ4v) is 2.61. The Balaban J connectivity index is 2.42. The van der Waals surface area contributed by atoms with Crippen molar-refractivity contribution in [2.45, 2.75) is 17.4 Å². The molecule has 0 unspecified atom stereocenters. The summed E-state index contributed by atoms with van der Waals surface area (Å²) in [4.78, 5) is 4.13. The van der Waals surface area contributed by atoms with Gasteiger partial charge in [-0.15, -0.1) is 11.8 Å². The number of benzene rings is 1.